The van der Waals surface area contributed by atoms with Crippen LogP contribution in [-0.2, 0) is 42.9 Å². The number of esters is 4. The minimum absolute atomic E-state index is 0.882. The van der Waals surface area contributed by atoms with Gasteiger partial charge in [0.15, 0.2) is 18.3 Å². The molecule has 9 nitrogen and oxygen atoms in total. The first-order valence-corrected chi connectivity index (χ1v) is 7.43. The lowest BCUT2D eigenvalue weighted by Gasteiger charge is -2.44. The fraction of sp³-hybridized carbons (Fsp3) is 0.692. The summed E-state index contributed by atoms with van der Waals surface area (Å²) < 4.78 is 36.1. The van der Waals surface area contributed by atoms with Gasteiger partial charge in [0.25, 0.3) is 4.51 Å². The van der Waals surface area contributed by atoms with E-state index in [2.05, 4.69) is 20.7 Å². The molecule has 0 radical (unpaired) electrons. The maximum absolute atomic E-state index is 14.3. The van der Waals surface area contributed by atoms with E-state index in [9.17, 15) is 23.6 Å². The van der Waals surface area contributed by atoms with Crippen LogP contribution in [0.1, 0.15) is 20.8 Å². The lowest BCUT2D eigenvalue weighted by atomic mass is 9.98. The highest BCUT2D eigenvalue weighted by Crippen LogP contribution is 2.41. The Balaban J connectivity index is 3.37. The van der Waals surface area contributed by atoms with E-state index in [1.807, 2.05) is 0 Å². The molecule has 0 N–H and O–H groups in total. The van der Waals surface area contributed by atoms with Crippen LogP contribution in [0.15, 0.2) is 0 Å². The van der Waals surface area contributed by atoms with Gasteiger partial charge in [-0.05, 0) is 15.9 Å². The minimum Gasteiger partial charge on any atom is -0.466 e. The van der Waals surface area contributed by atoms with Crippen molar-refractivity contribution >= 4 is 39.8 Å². The van der Waals surface area contributed by atoms with E-state index in [1.165, 1.54) is 0 Å². The Kier molecular flexibility index (Phi) is 6.67. The molecular formula is C13H16BrFO9. The summed E-state index contributed by atoms with van der Waals surface area (Å²) in [5, 5.41) is 0. The second kappa shape index (κ2) is 7.88. The highest BCUT2D eigenvalue weighted by Gasteiger charge is 2.63. The van der Waals surface area contributed by atoms with Crippen molar-refractivity contribution in [3.05, 3.63) is 0 Å². The Labute approximate surface area is 144 Å². The van der Waals surface area contributed by atoms with Crippen molar-refractivity contribution in [2.24, 2.45) is 0 Å². The van der Waals surface area contributed by atoms with Crippen molar-refractivity contribution in [2.45, 2.75) is 50.0 Å². The van der Waals surface area contributed by atoms with E-state index in [-0.39, 0.29) is 0 Å². The van der Waals surface area contributed by atoms with Crippen LogP contribution in [0.25, 0.3) is 0 Å². The van der Waals surface area contributed by atoms with Crippen molar-refractivity contribution in [3.8, 4) is 0 Å². The van der Waals surface area contributed by atoms with Gasteiger partial charge in [-0.2, -0.15) is 0 Å². The summed E-state index contributed by atoms with van der Waals surface area (Å²) in [4.78, 5) is 45.9. The number of halogens is 2. The predicted octanol–water partition coefficient (Wildman–Crippen LogP) is 0.371. The number of alkyl halides is 2. The molecule has 136 valence electrons. The van der Waals surface area contributed by atoms with Crippen molar-refractivity contribution in [2.75, 3.05) is 7.11 Å². The second-order valence-electron chi connectivity index (χ2n) is 4.78. The molecule has 0 aromatic rings. The molecule has 0 aromatic carbocycles. The number of carbonyl (C=O) groups excluding carboxylic acids is 4. The van der Waals surface area contributed by atoms with E-state index in [4.69, 9.17) is 18.9 Å². The Hall–Kier alpha value is -1.75. The predicted molar refractivity (Wildman–Crippen MR) is 76.3 cm³/mol. The van der Waals surface area contributed by atoms with Crippen LogP contribution in [0.3, 0.4) is 0 Å². The topological polar surface area (TPSA) is 114 Å². The first-order chi connectivity index (χ1) is 11.0. The van der Waals surface area contributed by atoms with Crippen molar-refractivity contribution in [1.29, 1.82) is 0 Å². The standard InChI is InChI=1S/C13H16BrFO9/c1-5(16)21-8-9(22-6(2)17)11(15)24-13(14,12(19)20-4)10(8)23-7(3)18/h8-11H,1-4H3/t8-,9-,10+,11-,13+/m1/s1. The summed E-state index contributed by atoms with van der Waals surface area (Å²) in [6.07, 6.45) is -7.46. The minimum atomic E-state index is -2.37. The monoisotopic (exact) mass is 414 g/mol. The number of hydrogen-bond acceptors (Lipinski definition) is 9. The molecule has 1 aliphatic heterocycles. The van der Waals surface area contributed by atoms with Crippen LogP contribution in [0.5, 0.6) is 0 Å². The van der Waals surface area contributed by atoms with Gasteiger partial charge in [0, 0.05) is 20.8 Å². The van der Waals surface area contributed by atoms with Crippen molar-refractivity contribution in [3.63, 3.8) is 0 Å². The summed E-state index contributed by atoms with van der Waals surface area (Å²) in [6.45, 7) is 3.01. The highest BCUT2D eigenvalue weighted by molar-refractivity contribution is 9.10. The number of hydrogen-bond donors (Lipinski definition) is 0. The van der Waals surface area contributed by atoms with Crippen LogP contribution in [0.2, 0.25) is 0 Å². The molecule has 1 saturated heterocycles. The molecule has 11 heteroatoms. The van der Waals surface area contributed by atoms with E-state index >= 15 is 0 Å². The molecule has 0 spiro atoms. The molecule has 0 saturated carbocycles. The Bertz CT molecular complexity index is 540. The number of methoxy groups -OCH3 is 1. The van der Waals surface area contributed by atoms with E-state index < -0.39 is 53.1 Å². The van der Waals surface area contributed by atoms with Gasteiger partial charge in [-0.3, -0.25) is 14.4 Å². The fourth-order valence-corrected chi connectivity index (χ4v) is 2.78. The first-order valence-electron chi connectivity index (χ1n) is 6.63. The maximum atomic E-state index is 14.3. The zero-order chi connectivity index (χ0) is 18.7. The molecule has 1 aliphatic rings. The SMILES string of the molecule is COC(=O)[C@@]1(Br)O[C@@H](F)[C@H](OC(C)=O)[C@@H](OC(C)=O)[C@@H]1OC(C)=O. The summed E-state index contributed by atoms with van der Waals surface area (Å²) in [5.74, 6) is -3.81. The van der Waals surface area contributed by atoms with Crippen LogP contribution < -0.4 is 0 Å². The van der Waals surface area contributed by atoms with Crippen LogP contribution in [0.4, 0.5) is 4.39 Å². The Morgan fingerprint density at radius 3 is 1.83 bits per heavy atom. The lowest BCUT2D eigenvalue weighted by molar-refractivity contribution is -0.278. The molecular weight excluding hydrogens is 399 g/mol. The normalized spacial score (nSPS) is 32.4. The van der Waals surface area contributed by atoms with Crippen LogP contribution in [0, 0.1) is 0 Å². The summed E-state index contributed by atoms with van der Waals surface area (Å²) in [6, 6.07) is 0. The molecule has 0 aliphatic carbocycles. The van der Waals surface area contributed by atoms with Gasteiger partial charge in [0.1, 0.15) is 0 Å². The van der Waals surface area contributed by atoms with Gasteiger partial charge in [0.2, 0.25) is 6.36 Å². The average molecular weight is 415 g/mol. The molecule has 0 bridgehead atoms. The summed E-state index contributed by atoms with van der Waals surface area (Å²) in [7, 11) is 0.992. The molecule has 1 fully saturated rings. The highest BCUT2D eigenvalue weighted by atomic mass is 79.9. The molecule has 0 amide bonds. The van der Waals surface area contributed by atoms with Crippen LogP contribution in [-0.4, -0.2) is 60.2 Å². The lowest BCUT2D eigenvalue weighted by Crippen LogP contribution is -2.66. The van der Waals surface area contributed by atoms with E-state index in [1.54, 1.807) is 0 Å². The van der Waals surface area contributed by atoms with Gasteiger partial charge >= 0.3 is 23.9 Å². The van der Waals surface area contributed by atoms with E-state index in [0.29, 0.717) is 0 Å². The van der Waals surface area contributed by atoms with Gasteiger partial charge in [0.05, 0.1) is 7.11 Å². The van der Waals surface area contributed by atoms with Crippen LogP contribution >= 0.6 is 15.9 Å². The first kappa shape index (κ1) is 20.3. The quantitative estimate of drug-likeness (QED) is 0.365. The Morgan fingerprint density at radius 1 is 0.958 bits per heavy atom. The Morgan fingerprint density at radius 2 is 1.42 bits per heavy atom. The zero-order valence-electron chi connectivity index (χ0n) is 13.2. The van der Waals surface area contributed by atoms with Gasteiger partial charge < -0.3 is 23.7 Å². The zero-order valence-corrected chi connectivity index (χ0v) is 14.8. The third kappa shape index (κ3) is 4.41. The number of rotatable bonds is 4. The molecule has 0 unspecified atom stereocenters. The largest absolute Gasteiger partial charge is 0.466 e. The molecule has 0 aromatic heterocycles. The smallest absolute Gasteiger partial charge is 0.353 e. The third-order valence-corrected chi connectivity index (χ3v) is 3.85. The van der Waals surface area contributed by atoms with Gasteiger partial charge in [-0.25, -0.2) is 9.18 Å². The molecule has 1 rings (SSSR count). The number of ether oxygens (including phenoxy) is 5. The van der Waals surface area contributed by atoms with Gasteiger partial charge in [-0.1, -0.05) is 0 Å². The van der Waals surface area contributed by atoms with Crippen molar-refractivity contribution in [1.82, 2.24) is 0 Å². The van der Waals surface area contributed by atoms with E-state index in [0.717, 1.165) is 27.9 Å². The summed E-state index contributed by atoms with van der Waals surface area (Å²) >= 11 is 2.84. The second-order valence-corrected chi connectivity index (χ2v) is 5.96. The van der Waals surface area contributed by atoms with Crippen molar-refractivity contribution < 1.29 is 47.3 Å². The molecule has 5 atom stereocenters. The number of carbonyl (C=O) groups is 4. The molecule has 24 heavy (non-hydrogen) atoms. The fourth-order valence-electron chi connectivity index (χ4n) is 2.09. The summed E-state index contributed by atoms with van der Waals surface area (Å²) in [5.41, 5.74) is 0. The van der Waals surface area contributed by atoms with Gasteiger partial charge in [-0.15, -0.1) is 0 Å². The maximum Gasteiger partial charge on any atom is 0.353 e. The average Bonchev–Trinajstić information content (AvgIpc) is 2.45. The third-order valence-electron chi connectivity index (χ3n) is 2.89. The molecule has 1 heterocycles.